The molecule has 1 aliphatic rings. The molecule has 3 N–H and O–H groups in total. The molecule has 18 heavy (non-hydrogen) atoms. The van der Waals surface area contributed by atoms with E-state index in [-0.39, 0.29) is 19.3 Å². The third-order valence-electron chi connectivity index (χ3n) is 2.41. The maximum absolute atomic E-state index is 11.2. The van der Waals surface area contributed by atoms with Crippen LogP contribution in [-0.4, -0.2) is 32.4 Å². The second-order valence-corrected chi connectivity index (χ2v) is 3.82. The molecule has 0 aromatic heterocycles. The first-order chi connectivity index (χ1) is 8.79. The molecule has 0 atom stereocenters. The summed E-state index contributed by atoms with van der Waals surface area (Å²) in [4.78, 5) is 11.2. The van der Waals surface area contributed by atoms with E-state index < -0.39 is 0 Å². The van der Waals surface area contributed by atoms with Gasteiger partial charge in [0.05, 0.1) is 6.61 Å². The zero-order chi connectivity index (χ0) is 12.8. The van der Waals surface area contributed by atoms with Gasteiger partial charge in [-0.3, -0.25) is 4.79 Å². The van der Waals surface area contributed by atoms with E-state index in [1.807, 2.05) is 18.2 Å². The minimum atomic E-state index is -0.166. The van der Waals surface area contributed by atoms with E-state index >= 15 is 0 Å². The SMILES string of the molecule is NCCNC(=O)COCc1ccc2c(c1)OCO2. The first-order valence-electron chi connectivity index (χ1n) is 5.72. The third-order valence-corrected chi connectivity index (χ3v) is 2.41. The molecule has 0 aliphatic carbocycles. The van der Waals surface area contributed by atoms with E-state index in [0.717, 1.165) is 11.3 Å². The summed E-state index contributed by atoms with van der Waals surface area (Å²) in [5.74, 6) is 1.28. The minimum absolute atomic E-state index is 0.0223. The number of hydrogen-bond acceptors (Lipinski definition) is 5. The Hall–Kier alpha value is -1.79. The van der Waals surface area contributed by atoms with Gasteiger partial charge in [0.25, 0.3) is 0 Å². The van der Waals surface area contributed by atoms with Crippen LogP contribution < -0.4 is 20.5 Å². The summed E-state index contributed by atoms with van der Waals surface area (Å²) in [6, 6.07) is 5.56. The van der Waals surface area contributed by atoms with Crippen molar-refractivity contribution in [2.45, 2.75) is 6.61 Å². The first-order valence-corrected chi connectivity index (χ1v) is 5.72. The van der Waals surface area contributed by atoms with Crippen molar-refractivity contribution in [3.8, 4) is 11.5 Å². The Balaban J connectivity index is 1.75. The van der Waals surface area contributed by atoms with Crippen LogP contribution in [-0.2, 0) is 16.1 Å². The standard InChI is InChI=1S/C12H16N2O4/c13-3-4-14-12(15)7-16-6-9-1-2-10-11(5-9)18-8-17-10/h1-2,5H,3-4,6-8,13H2,(H,14,15). The van der Waals surface area contributed by atoms with Crippen molar-refractivity contribution in [1.29, 1.82) is 0 Å². The monoisotopic (exact) mass is 252 g/mol. The van der Waals surface area contributed by atoms with E-state index in [1.54, 1.807) is 0 Å². The normalized spacial score (nSPS) is 12.5. The molecule has 1 heterocycles. The Labute approximate surface area is 105 Å². The van der Waals surface area contributed by atoms with Gasteiger partial charge in [-0.2, -0.15) is 0 Å². The van der Waals surface area contributed by atoms with Gasteiger partial charge < -0.3 is 25.3 Å². The van der Waals surface area contributed by atoms with E-state index in [9.17, 15) is 4.79 Å². The number of nitrogens with two attached hydrogens (primary N) is 1. The van der Waals surface area contributed by atoms with Gasteiger partial charge in [-0.25, -0.2) is 0 Å². The predicted molar refractivity (Wildman–Crippen MR) is 64.3 cm³/mol. The molecule has 1 amide bonds. The van der Waals surface area contributed by atoms with Crippen molar-refractivity contribution in [2.24, 2.45) is 5.73 Å². The number of benzene rings is 1. The minimum Gasteiger partial charge on any atom is -0.454 e. The molecule has 1 aromatic rings. The van der Waals surface area contributed by atoms with Gasteiger partial charge >= 0.3 is 0 Å². The fraction of sp³-hybridized carbons (Fsp3) is 0.417. The Bertz CT molecular complexity index is 423. The largest absolute Gasteiger partial charge is 0.454 e. The predicted octanol–water partition coefficient (Wildman–Crippen LogP) is 0.00680. The number of fused-ring (bicyclic) bond motifs is 1. The van der Waals surface area contributed by atoms with E-state index in [1.165, 1.54) is 0 Å². The Morgan fingerprint density at radius 1 is 1.39 bits per heavy atom. The zero-order valence-corrected chi connectivity index (χ0v) is 9.98. The van der Waals surface area contributed by atoms with Crippen LogP contribution in [0.15, 0.2) is 18.2 Å². The van der Waals surface area contributed by atoms with Gasteiger partial charge in [-0.1, -0.05) is 6.07 Å². The Morgan fingerprint density at radius 2 is 2.22 bits per heavy atom. The lowest BCUT2D eigenvalue weighted by Gasteiger charge is -2.06. The number of rotatable bonds is 6. The molecule has 0 fully saturated rings. The molecule has 0 bridgehead atoms. The highest BCUT2D eigenvalue weighted by molar-refractivity contribution is 5.77. The fourth-order valence-electron chi connectivity index (χ4n) is 1.55. The summed E-state index contributed by atoms with van der Waals surface area (Å²) in [6.07, 6.45) is 0. The van der Waals surface area contributed by atoms with E-state index in [2.05, 4.69) is 5.32 Å². The van der Waals surface area contributed by atoms with Crippen LogP contribution in [0.5, 0.6) is 11.5 Å². The second kappa shape index (κ2) is 6.23. The van der Waals surface area contributed by atoms with Crippen molar-refractivity contribution in [3.05, 3.63) is 23.8 Å². The molecule has 98 valence electrons. The number of carbonyl (C=O) groups is 1. The second-order valence-electron chi connectivity index (χ2n) is 3.82. The molecule has 0 saturated carbocycles. The highest BCUT2D eigenvalue weighted by Gasteiger charge is 2.13. The number of amides is 1. The molecule has 2 rings (SSSR count). The molecule has 1 aromatic carbocycles. The van der Waals surface area contributed by atoms with Crippen molar-refractivity contribution >= 4 is 5.91 Å². The number of ether oxygens (including phenoxy) is 3. The molecule has 0 spiro atoms. The smallest absolute Gasteiger partial charge is 0.246 e. The summed E-state index contributed by atoms with van der Waals surface area (Å²) in [6.45, 7) is 1.52. The van der Waals surface area contributed by atoms with Crippen molar-refractivity contribution < 1.29 is 19.0 Å². The van der Waals surface area contributed by atoms with Crippen LogP contribution in [0, 0.1) is 0 Å². The molecule has 0 radical (unpaired) electrons. The van der Waals surface area contributed by atoms with Gasteiger partial charge in [0, 0.05) is 13.1 Å². The molecular weight excluding hydrogens is 236 g/mol. The van der Waals surface area contributed by atoms with Crippen LogP contribution >= 0.6 is 0 Å². The Morgan fingerprint density at radius 3 is 3.06 bits per heavy atom. The quantitative estimate of drug-likeness (QED) is 0.745. The third kappa shape index (κ3) is 3.35. The Kier molecular flexibility index (Phi) is 4.38. The highest BCUT2D eigenvalue weighted by Crippen LogP contribution is 2.32. The van der Waals surface area contributed by atoms with E-state index in [0.29, 0.717) is 25.4 Å². The van der Waals surface area contributed by atoms with Crippen LogP contribution in [0.25, 0.3) is 0 Å². The zero-order valence-electron chi connectivity index (χ0n) is 9.98. The van der Waals surface area contributed by atoms with E-state index in [4.69, 9.17) is 19.9 Å². The van der Waals surface area contributed by atoms with Crippen LogP contribution in [0.2, 0.25) is 0 Å². The average Bonchev–Trinajstić information content (AvgIpc) is 2.83. The number of carbonyl (C=O) groups excluding carboxylic acids is 1. The van der Waals surface area contributed by atoms with Gasteiger partial charge in [0.2, 0.25) is 12.7 Å². The summed E-state index contributed by atoms with van der Waals surface area (Å²) in [5.41, 5.74) is 6.20. The molecule has 0 unspecified atom stereocenters. The lowest BCUT2D eigenvalue weighted by atomic mass is 10.2. The summed E-state index contributed by atoms with van der Waals surface area (Å²) in [7, 11) is 0. The van der Waals surface area contributed by atoms with Crippen LogP contribution in [0.3, 0.4) is 0 Å². The van der Waals surface area contributed by atoms with Gasteiger partial charge in [0.15, 0.2) is 11.5 Å². The lowest BCUT2D eigenvalue weighted by Crippen LogP contribution is -2.31. The maximum atomic E-state index is 11.2. The highest BCUT2D eigenvalue weighted by atomic mass is 16.7. The van der Waals surface area contributed by atoms with Crippen molar-refractivity contribution in [1.82, 2.24) is 5.32 Å². The molecule has 6 heteroatoms. The first kappa shape index (κ1) is 12.7. The average molecular weight is 252 g/mol. The van der Waals surface area contributed by atoms with Gasteiger partial charge in [0.1, 0.15) is 6.61 Å². The topological polar surface area (TPSA) is 82.8 Å². The van der Waals surface area contributed by atoms with Gasteiger partial charge in [-0.15, -0.1) is 0 Å². The van der Waals surface area contributed by atoms with Crippen molar-refractivity contribution in [2.75, 3.05) is 26.5 Å². The summed E-state index contributed by atoms with van der Waals surface area (Å²) < 4.78 is 15.7. The lowest BCUT2D eigenvalue weighted by molar-refractivity contribution is -0.126. The molecular formula is C12H16N2O4. The molecule has 6 nitrogen and oxygen atoms in total. The van der Waals surface area contributed by atoms with Gasteiger partial charge in [-0.05, 0) is 17.7 Å². The number of nitrogens with one attached hydrogen (secondary N) is 1. The number of hydrogen-bond donors (Lipinski definition) is 2. The molecule has 1 aliphatic heterocycles. The van der Waals surface area contributed by atoms with Crippen LogP contribution in [0.4, 0.5) is 0 Å². The van der Waals surface area contributed by atoms with Crippen LogP contribution in [0.1, 0.15) is 5.56 Å². The summed E-state index contributed by atoms with van der Waals surface area (Å²) >= 11 is 0. The fourth-order valence-corrected chi connectivity index (χ4v) is 1.55. The maximum Gasteiger partial charge on any atom is 0.246 e. The van der Waals surface area contributed by atoms with Crippen molar-refractivity contribution in [3.63, 3.8) is 0 Å². The molecule has 0 saturated heterocycles. The summed E-state index contributed by atoms with van der Waals surface area (Å²) in [5, 5.41) is 2.63.